The molecule has 1 heterocycles. The molecule has 0 aromatic rings. The van der Waals surface area contributed by atoms with Gasteiger partial charge in [-0.3, -0.25) is 9.59 Å². The zero-order valence-electron chi connectivity index (χ0n) is 5.78. The molecule has 0 bridgehead atoms. The van der Waals surface area contributed by atoms with E-state index in [1.165, 1.54) is 0 Å². The van der Waals surface area contributed by atoms with Crippen LogP contribution < -0.4 is 0 Å². The van der Waals surface area contributed by atoms with Crippen LogP contribution in [0.2, 0.25) is 0 Å². The number of ether oxygens (including phenoxy) is 2. The molecule has 62 valence electrons. The lowest BCUT2D eigenvalue weighted by molar-refractivity contribution is -0.151. The third-order valence-electron chi connectivity index (χ3n) is 1.13. The van der Waals surface area contributed by atoms with Gasteiger partial charge >= 0.3 is 11.9 Å². The van der Waals surface area contributed by atoms with Crippen LogP contribution in [-0.4, -0.2) is 36.4 Å². The first-order chi connectivity index (χ1) is 5.18. The van der Waals surface area contributed by atoms with Crippen molar-refractivity contribution < 1.29 is 24.2 Å². The van der Waals surface area contributed by atoms with Gasteiger partial charge in [0.15, 0.2) is 0 Å². The van der Waals surface area contributed by atoms with E-state index in [4.69, 9.17) is 9.84 Å². The summed E-state index contributed by atoms with van der Waals surface area (Å²) in [6, 6.07) is 0. The number of carboxylic acids is 1. The summed E-state index contributed by atoms with van der Waals surface area (Å²) in [7, 11) is 0. The van der Waals surface area contributed by atoms with Crippen LogP contribution in [0.1, 0.15) is 6.42 Å². The molecule has 0 radical (unpaired) electrons. The van der Waals surface area contributed by atoms with Gasteiger partial charge in [-0.1, -0.05) is 0 Å². The van der Waals surface area contributed by atoms with Crippen molar-refractivity contribution in [1.82, 2.24) is 0 Å². The van der Waals surface area contributed by atoms with Gasteiger partial charge in [-0.15, -0.1) is 0 Å². The summed E-state index contributed by atoms with van der Waals surface area (Å²) in [4.78, 5) is 20.5. The summed E-state index contributed by atoms with van der Waals surface area (Å²) in [5, 5.41) is 8.13. The monoisotopic (exact) mass is 160 g/mol. The number of aliphatic carboxylic acids is 1. The molecule has 11 heavy (non-hydrogen) atoms. The number of esters is 1. The van der Waals surface area contributed by atoms with E-state index in [1.807, 2.05) is 0 Å². The minimum Gasteiger partial charge on any atom is -0.481 e. The average molecular weight is 160 g/mol. The second kappa shape index (κ2) is 3.34. The highest BCUT2D eigenvalue weighted by Crippen LogP contribution is 2.08. The maximum absolute atomic E-state index is 10.5. The third-order valence-corrected chi connectivity index (χ3v) is 1.13. The van der Waals surface area contributed by atoms with Crippen LogP contribution in [0.3, 0.4) is 0 Å². The van der Waals surface area contributed by atoms with Crippen LogP contribution >= 0.6 is 0 Å². The van der Waals surface area contributed by atoms with E-state index in [1.54, 1.807) is 0 Å². The fourth-order valence-corrected chi connectivity index (χ4v) is 0.525. The Morgan fingerprint density at radius 1 is 1.64 bits per heavy atom. The van der Waals surface area contributed by atoms with Gasteiger partial charge in [0.2, 0.25) is 0 Å². The van der Waals surface area contributed by atoms with Gasteiger partial charge in [-0.25, -0.2) is 0 Å². The van der Waals surface area contributed by atoms with Crippen molar-refractivity contribution in [3.05, 3.63) is 0 Å². The van der Waals surface area contributed by atoms with E-state index < -0.39 is 18.4 Å². The molecule has 0 aromatic carbocycles. The molecular formula is C6H8O5. The van der Waals surface area contributed by atoms with E-state index in [0.29, 0.717) is 6.61 Å². The highest BCUT2D eigenvalue weighted by atomic mass is 16.6. The molecule has 5 nitrogen and oxygen atoms in total. The Kier molecular flexibility index (Phi) is 2.43. The van der Waals surface area contributed by atoms with Gasteiger partial charge in [-0.05, 0) is 0 Å². The van der Waals surface area contributed by atoms with Gasteiger partial charge in [0.05, 0.1) is 6.61 Å². The number of hydrogen-bond acceptors (Lipinski definition) is 4. The molecule has 1 N–H and O–H groups in total. The lowest BCUT2D eigenvalue weighted by Gasteiger charge is -1.98. The minimum atomic E-state index is -1.17. The quantitative estimate of drug-likeness (QED) is 0.337. The number of carbonyl (C=O) groups excluding carboxylic acids is 1. The van der Waals surface area contributed by atoms with E-state index in [2.05, 4.69) is 4.74 Å². The molecule has 1 rings (SSSR count). The van der Waals surface area contributed by atoms with Crippen molar-refractivity contribution in [2.24, 2.45) is 0 Å². The number of carboxylic acid groups (broad SMARTS) is 1. The van der Waals surface area contributed by atoms with Crippen molar-refractivity contribution in [2.75, 3.05) is 13.2 Å². The first-order valence-corrected chi connectivity index (χ1v) is 3.17. The highest BCUT2D eigenvalue weighted by molar-refractivity contribution is 5.90. The van der Waals surface area contributed by atoms with Gasteiger partial charge < -0.3 is 14.6 Å². The van der Waals surface area contributed by atoms with Crippen molar-refractivity contribution >= 4 is 11.9 Å². The first-order valence-electron chi connectivity index (χ1n) is 3.17. The Morgan fingerprint density at radius 3 is 2.73 bits per heavy atom. The molecule has 1 fully saturated rings. The second-order valence-corrected chi connectivity index (χ2v) is 2.21. The molecule has 0 spiro atoms. The molecule has 1 unspecified atom stereocenters. The van der Waals surface area contributed by atoms with Gasteiger partial charge in [0.1, 0.15) is 19.1 Å². The molecule has 5 heteroatoms. The predicted molar refractivity (Wildman–Crippen MR) is 33.0 cm³/mol. The van der Waals surface area contributed by atoms with Gasteiger partial charge in [0, 0.05) is 0 Å². The zero-order valence-corrected chi connectivity index (χ0v) is 5.78. The van der Waals surface area contributed by atoms with Crippen molar-refractivity contribution in [3.63, 3.8) is 0 Å². The first kappa shape index (κ1) is 8.00. The molecule has 1 saturated heterocycles. The molecular weight excluding hydrogens is 152 g/mol. The fraction of sp³-hybridized carbons (Fsp3) is 0.667. The minimum absolute atomic E-state index is 0.00672. The predicted octanol–water partition coefficient (Wildman–Crippen LogP) is -0.597. The van der Waals surface area contributed by atoms with Crippen LogP contribution in [0.15, 0.2) is 0 Å². The van der Waals surface area contributed by atoms with Crippen LogP contribution in [0, 0.1) is 0 Å². The number of epoxide rings is 1. The lowest BCUT2D eigenvalue weighted by Crippen LogP contribution is -2.13. The van der Waals surface area contributed by atoms with E-state index in [-0.39, 0.29) is 12.7 Å². The number of carbonyl (C=O) groups is 2. The summed E-state index contributed by atoms with van der Waals surface area (Å²) < 4.78 is 9.27. The van der Waals surface area contributed by atoms with Crippen LogP contribution in [0.25, 0.3) is 0 Å². The van der Waals surface area contributed by atoms with Crippen LogP contribution in [0.5, 0.6) is 0 Å². The Morgan fingerprint density at radius 2 is 2.27 bits per heavy atom. The fourth-order valence-electron chi connectivity index (χ4n) is 0.525. The Hall–Kier alpha value is -1.10. The van der Waals surface area contributed by atoms with Gasteiger partial charge in [0.25, 0.3) is 0 Å². The standard InChI is InChI=1S/C6H8O5/c7-5(8)1-6(9)11-3-4-2-10-4/h4H,1-3H2,(H,7,8). The average Bonchev–Trinajstić information content (AvgIpc) is 2.63. The number of hydrogen-bond donors (Lipinski definition) is 1. The molecule has 1 aliphatic heterocycles. The normalized spacial score (nSPS) is 20.9. The maximum Gasteiger partial charge on any atom is 0.317 e. The van der Waals surface area contributed by atoms with Crippen molar-refractivity contribution in [3.8, 4) is 0 Å². The summed E-state index contributed by atoms with van der Waals surface area (Å²) in [5.41, 5.74) is 0. The van der Waals surface area contributed by atoms with E-state index in [9.17, 15) is 9.59 Å². The van der Waals surface area contributed by atoms with Crippen LogP contribution in [0.4, 0.5) is 0 Å². The topological polar surface area (TPSA) is 76.1 Å². The Bertz CT molecular complexity index is 172. The van der Waals surface area contributed by atoms with E-state index >= 15 is 0 Å². The summed E-state index contributed by atoms with van der Waals surface area (Å²) >= 11 is 0. The molecule has 1 atom stereocenters. The Balaban J connectivity index is 2.04. The summed E-state index contributed by atoms with van der Waals surface area (Å²) in [5.74, 6) is -1.89. The van der Waals surface area contributed by atoms with Crippen LogP contribution in [-0.2, 0) is 19.1 Å². The number of rotatable bonds is 4. The largest absolute Gasteiger partial charge is 0.481 e. The molecule has 0 amide bonds. The Labute approximate surface area is 62.9 Å². The van der Waals surface area contributed by atoms with Gasteiger partial charge in [-0.2, -0.15) is 0 Å². The SMILES string of the molecule is O=C(O)CC(=O)OCC1CO1. The summed E-state index contributed by atoms with van der Waals surface area (Å²) in [6.07, 6.45) is -0.583. The smallest absolute Gasteiger partial charge is 0.317 e. The summed E-state index contributed by atoms with van der Waals surface area (Å²) in [6.45, 7) is 0.770. The molecule has 0 saturated carbocycles. The maximum atomic E-state index is 10.5. The highest BCUT2D eigenvalue weighted by Gasteiger charge is 2.24. The second-order valence-electron chi connectivity index (χ2n) is 2.21. The molecule has 0 aromatic heterocycles. The molecule has 0 aliphatic carbocycles. The molecule has 1 aliphatic rings. The van der Waals surface area contributed by atoms with E-state index in [0.717, 1.165) is 0 Å². The van der Waals surface area contributed by atoms with Crippen molar-refractivity contribution in [1.29, 1.82) is 0 Å². The lowest BCUT2D eigenvalue weighted by atomic mass is 10.4. The third kappa shape index (κ3) is 3.57. The van der Waals surface area contributed by atoms with Crippen molar-refractivity contribution in [2.45, 2.75) is 12.5 Å². The zero-order chi connectivity index (χ0) is 8.27.